The van der Waals surface area contributed by atoms with Gasteiger partial charge < -0.3 is 0 Å². The van der Waals surface area contributed by atoms with Crippen LogP contribution in [0.15, 0.2) is 0 Å². The quantitative estimate of drug-likeness (QED) is 0.554. The number of hydrogen-bond donors (Lipinski definition) is 0. The largest absolute Gasteiger partial charge is 0.237 e. The zero-order chi connectivity index (χ0) is 6.53. The summed E-state index contributed by atoms with van der Waals surface area (Å²) < 4.78 is 0. The Hall–Kier alpha value is -0.0400. The summed E-state index contributed by atoms with van der Waals surface area (Å²) in [6, 6.07) is 0. The standard InChI is InChI=1S/C8H15O/c9-7-3-6-8-4-1-2-5-8/h8H,1-7H2. The molecule has 0 aromatic carbocycles. The molecular formula is C8H15O. The highest BCUT2D eigenvalue weighted by atomic mass is 16.2. The second-order valence-corrected chi connectivity index (χ2v) is 3.00. The van der Waals surface area contributed by atoms with Crippen molar-refractivity contribution in [2.24, 2.45) is 5.92 Å². The Morgan fingerprint density at radius 1 is 1.22 bits per heavy atom. The van der Waals surface area contributed by atoms with Gasteiger partial charge >= 0.3 is 0 Å². The molecule has 1 radical (unpaired) electrons. The molecular weight excluding hydrogens is 112 g/mol. The van der Waals surface area contributed by atoms with Crippen LogP contribution in [-0.4, -0.2) is 6.61 Å². The molecule has 0 heterocycles. The first-order chi connectivity index (χ1) is 4.43. The van der Waals surface area contributed by atoms with Crippen molar-refractivity contribution in [2.75, 3.05) is 6.61 Å². The summed E-state index contributed by atoms with van der Waals surface area (Å²) in [6.07, 6.45) is 7.70. The van der Waals surface area contributed by atoms with Gasteiger partial charge in [0.1, 0.15) is 0 Å². The van der Waals surface area contributed by atoms with Crippen molar-refractivity contribution in [3.05, 3.63) is 0 Å². The van der Waals surface area contributed by atoms with E-state index >= 15 is 0 Å². The smallest absolute Gasteiger partial charge is 0.0822 e. The van der Waals surface area contributed by atoms with Crippen LogP contribution >= 0.6 is 0 Å². The molecule has 0 atom stereocenters. The normalized spacial score (nSPS) is 21.0. The zero-order valence-electron chi connectivity index (χ0n) is 5.94. The van der Waals surface area contributed by atoms with E-state index in [9.17, 15) is 5.11 Å². The first kappa shape index (κ1) is 7.07. The SMILES string of the molecule is [O]CCCC1CCCC1. The van der Waals surface area contributed by atoms with E-state index in [1.165, 1.54) is 32.1 Å². The van der Waals surface area contributed by atoms with Crippen LogP contribution in [-0.2, 0) is 5.11 Å². The summed E-state index contributed by atoms with van der Waals surface area (Å²) >= 11 is 0. The summed E-state index contributed by atoms with van der Waals surface area (Å²) in [5.74, 6) is 0.916. The van der Waals surface area contributed by atoms with Gasteiger partial charge in [0, 0.05) is 0 Å². The van der Waals surface area contributed by atoms with E-state index in [0.717, 1.165) is 12.3 Å². The molecule has 1 saturated carbocycles. The highest BCUT2D eigenvalue weighted by Crippen LogP contribution is 2.28. The topological polar surface area (TPSA) is 19.9 Å². The van der Waals surface area contributed by atoms with Gasteiger partial charge in [0.15, 0.2) is 0 Å². The Morgan fingerprint density at radius 2 is 1.89 bits per heavy atom. The monoisotopic (exact) mass is 127 g/mol. The van der Waals surface area contributed by atoms with E-state index in [4.69, 9.17) is 0 Å². The van der Waals surface area contributed by atoms with Crippen LogP contribution in [0.25, 0.3) is 0 Å². The van der Waals surface area contributed by atoms with Crippen LogP contribution in [0, 0.1) is 5.92 Å². The Kier molecular flexibility index (Phi) is 3.05. The lowest BCUT2D eigenvalue weighted by Gasteiger charge is -2.04. The van der Waals surface area contributed by atoms with E-state index in [1.807, 2.05) is 0 Å². The summed E-state index contributed by atoms with van der Waals surface area (Å²) in [7, 11) is 0. The second-order valence-electron chi connectivity index (χ2n) is 3.00. The highest BCUT2D eigenvalue weighted by Gasteiger charge is 2.13. The van der Waals surface area contributed by atoms with Gasteiger partial charge in [-0.3, -0.25) is 0 Å². The zero-order valence-corrected chi connectivity index (χ0v) is 5.94. The fourth-order valence-electron chi connectivity index (χ4n) is 1.67. The summed E-state index contributed by atoms with van der Waals surface area (Å²) in [6.45, 7) is 0.135. The number of rotatable bonds is 3. The molecule has 0 bridgehead atoms. The van der Waals surface area contributed by atoms with Gasteiger partial charge in [0.25, 0.3) is 0 Å². The van der Waals surface area contributed by atoms with E-state index in [0.29, 0.717) is 0 Å². The third kappa shape index (κ3) is 2.35. The third-order valence-corrected chi connectivity index (χ3v) is 2.23. The van der Waals surface area contributed by atoms with Crippen LogP contribution in [0.1, 0.15) is 38.5 Å². The van der Waals surface area contributed by atoms with Crippen LogP contribution in [0.5, 0.6) is 0 Å². The first-order valence-electron chi connectivity index (χ1n) is 4.01. The maximum Gasteiger partial charge on any atom is 0.0822 e. The lowest BCUT2D eigenvalue weighted by molar-refractivity contribution is 0.180. The Bertz CT molecular complexity index is 65.0. The van der Waals surface area contributed by atoms with E-state index < -0.39 is 0 Å². The highest BCUT2D eigenvalue weighted by molar-refractivity contribution is 4.66. The molecule has 1 aliphatic rings. The average molecular weight is 127 g/mol. The molecule has 0 spiro atoms. The predicted molar refractivity (Wildman–Crippen MR) is 36.7 cm³/mol. The van der Waals surface area contributed by atoms with Crippen molar-refractivity contribution in [2.45, 2.75) is 38.5 Å². The molecule has 0 amide bonds. The molecule has 1 fully saturated rings. The lowest BCUT2D eigenvalue weighted by atomic mass is 10.0. The molecule has 1 nitrogen and oxygen atoms in total. The minimum atomic E-state index is 0.135. The minimum Gasteiger partial charge on any atom is -0.237 e. The van der Waals surface area contributed by atoms with Crippen LogP contribution in [0.4, 0.5) is 0 Å². The van der Waals surface area contributed by atoms with Gasteiger partial charge in [-0.2, -0.15) is 0 Å². The molecule has 1 heteroatoms. The second kappa shape index (κ2) is 3.89. The molecule has 9 heavy (non-hydrogen) atoms. The molecule has 0 unspecified atom stereocenters. The fourth-order valence-corrected chi connectivity index (χ4v) is 1.67. The molecule has 0 aromatic heterocycles. The van der Waals surface area contributed by atoms with Crippen molar-refractivity contribution < 1.29 is 5.11 Å². The van der Waals surface area contributed by atoms with Gasteiger partial charge in [0.05, 0.1) is 6.61 Å². The van der Waals surface area contributed by atoms with Crippen molar-refractivity contribution in [1.82, 2.24) is 0 Å². The first-order valence-corrected chi connectivity index (χ1v) is 4.01. The molecule has 0 N–H and O–H groups in total. The van der Waals surface area contributed by atoms with E-state index in [1.54, 1.807) is 0 Å². The van der Waals surface area contributed by atoms with Crippen molar-refractivity contribution in [3.8, 4) is 0 Å². The maximum absolute atomic E-state index is 10.1. The molecule has 0 saturated heterocycles. The van der Waals surface area contributed by atoms with Crippen LogP contribution < -0.4 is 0 Å². The molecule has 0 aromatic rings. The Labute approximate surface area is 57.1 Å². The Morgan fingerprint density at radius 3 is 2.44 bits per heavy atom. The molecule has 1 aliphatic carbocycles. The van der Waals surface area contributed by atoms with E-state index in [-0.39, 0.29) is 6.61 Å². The predicted octanol–water partition coefficient (Wildman–Crippen LogP) is 2.39. The van der Waals surface area contributed by atoms with Gasteiger partial charge in [-0.05, 0) is 18.8 Å². The summed E-state index contributed by atoms with van der Waals surface area (Å²) in [5.41, 5.74) is 0. The van der Waals surface area contributed by atoms with Gasteiger partial charge in [-0.1, -0.05) is 25.7 Å². The number of hydrogen-bond acceptors (Lipinski definition) is 0. The van der Waals surface area contributed by atoms with Crippen LogP contribution in [0.3, 0.4) is 0 Å². The lowest BCUT2D eigenvalue weighted by Crippen LogP contribution is -1.93. The molecule has 0 aliphatic heterocycles. The average Bonchev–Trinajstić information content (AvgIpc) is 2.34. The summed E-state index contributed by atoms with van der Waals surface area (Å²) in [4.78, 5) is 0. The molecule has 1 rings (SSSR count). The molecule has 53 valence electrons. The van der Waals surface area contributed by atoms with E-state index in [2.05, 4.69) is 0 Å². The van der Waals surface area contributed by atoms with Crippen molar-refractivity contribution >= 4 is 0 Å². The third-order valence-electron chi connectivity index (χ3n) is 2.23. The van der Waals surface area contributed by atoms with Gasteiger partial charge in [-0.25, -0.2) is 5.11 Å². The van der Waals surface area contributed by atoms with Crippen LogP contribution in [0.2, 0.25) is 0 Å². The van der Waals surface area contributed by atoms with Gasteiger partial charge in [-0.15, -0.1) is 0 Å². The van der Waals surface area contributed by atoms with Gasteiger partial charge in [0.2, 0.25) is 0 Å². The summed E-state index contributed by atoms with van der Waals surface area (Å²) in [5, 5.41) is 10.1. The fraction of sp³-hybridized carbons (Fsp3) is 1.00. The maximum atomic E-state index is 10.1. The Balaban J connectivity index is 1.98. The van der Waals surface area contributed by atoms with Crippen molar-refractivity contribution in [1.29, 1.82) is 0 Å². The minimum absolute atomic E-state index is 0.135. The van der Waals surface area contributed by atoms with Crippen molar-refractivity contribution in [3.63, 3.8) is 0 Å².